The van der Waals surface area contributed by atoms with E-state index < -0.39 is 10.8 Å². The van der Waals surface area contributed by atoms with Crippen LogP contribution in [0.3, 0.4) is 0 Å². The quantitative estimate of drug-likeness (QED) is 0.733. The highest BCUT2D eigenvalue weighted by atomic mass is 35.5. The zero-order valence-corrected chi connectivity index (χ0v) is 14.2. The molecular weight excluding hydrogens is 308 g/mol. The molecular formula is C15H21ClN2O2S. The fourth-order valence-corrected chi connectivity index (χ4v) is 3.32. The normalized spacial score (nSPS) is 14.3. The van der Waals surface area contributed by atoms with Crippen LogP contribution in [0.1, 0.15) is 25.2 Å². The second kappa shape index (κ2) is 7.27. The van der Waals surface area contributed by atoms with Gasteiger partial charge in [-0.15, -0.1) is 11.6 Å². The van der Waals surface area contributed by atoms with E-state index in [1.807, 2.05) is 18.2 Å². The standard InChI is InChI=1S/C15H21ClN2O2S/c1-11(7-9-21(3)19)18-14-5-4-12(20-2)10-13(14)17-15(18)6-8-16/h4-5,10-11H,6-9H2,1-3H3. The molecule has 1 aromatic heterocycles. The molecule has 0 amide bonds. The van der Waals surface area contributed by atoms with Crippen molar-refractivity contribution >= 4 is 33.4 Å². The van der Waals surface area contributed by atoms with Crippen LogP contribution in [0.4, 0.5) is 0 Å². The predicted molar refractivity (Wildman–Crippen MR) is 89.0 cm³/mol. The molecule has 0 bridgehead atoms. The Balaban J connectivity index is 2.42. The van der Waals surface area contributed by atoms with Crippen LogP contribution in [0.15, 0.2) is 18.2 Å². The van der Waals surface area contributed by atoms with E-state index >= 15 is 0 Å². The van der Waals surface area contributed by atoms with Gasteiger partial charge in [0.2, 0.25) is 0 Å². The third-order valence-corrected chi connectivity index (χ3v) is 4.55. The number of benzene rings is 1. The summed E-state index contributed by atoms with van der Waals surface area (Å²) in [7, 11) is 0.873. The van der Waals surface area contributed by atoms with Crippen LogP contribution in [-0.2, 0) is 17.2 Å². The average Bonchev–Trinajstić information content (AvgIpc) is 2.82. The van der Waals surface area contributed by atoms with E-state index in [-0.39, 0.29) is 6.04 Å². The first kappa shape index (κ1) is 16.3. The number of nitrogens with zero attached hydrogens (tertiary/aromatic N) is 2. The maximum atomic E-state index is 11.3. The van der Waals surface area contributed by atoms with Gasteiger partial charge in [0.15, 0.2) is 0 Å². The van der Waals surface area contributed by atoms with Crippen molar-refractivity contribution in [3.8, 4) is 5.75 Å². The summed E-state index contributed by atoms with van der Waals surface area (Å²) in [6.07, 6.45) is 3.32. The summed E-state index contributed by atoms with van der Waals surface area (Å²) in [5.41, 5.74) is 1.99. The van der Waals surface area contributed by atoms with Crippen molar-refractivity contribution < 1.29 is 8.95 Å². The van der Waals surface area contributed by atoms with Gasteiger partial charge in [-0.3, -0.25) is 4.21 Å². The number of imidazole rings is 1. The SMILES string of the molecule is COc1ccc2c(c1)nc(CCCl)n2C(C)CCS(C)=O. The molecule has 0 saturated carbocycles. The van der Waals surface area contributed by atoms with Crippen LogP contribution in [-0.4, -0.2) is 38.8 Å². The van der Waals surface area contributed by atoms with Crippen LogP contribution >= 0.6 is 11.6 Å². The number of halogens is 1. The lowest BCUT2D eigenvalue weighted by atomic mass is 10.2. The zero-order chi connectivity index (χ0) is 15.4. The minimum absolute atomic E-state index is 0.241. The lowest BCUT2D eigenvalue weighted by Crippen LogP contribution is -2.12. The Morgan fingerprint density at radius 2 is 2.24 bits per heavy atom. The maximum absolute atomic E-state index is 11.3. The summed E-state index contributed by atoms with van der Waals surface area (Å²) < 4.78 is 18.8. The molecule has 0 spiro atoms. The van der Waals surface area contributed by atoms with Crippen LogP contribution < -0.4 is 4.74 Å². The Kier molecular flexibility index (Phi) is 5.65. The number of hydrogen-bond acceptors (Lipinski definition) is 3. The first-order chi connectivity index (χ1) is 10.1. The number of hydrogen-bond donors (Lipinski definition) is 0. The van der Waals surface area contributed by atoms with Gasteiger partial charge in [-0.2, -0.15) is 0 Å². The first-order valence-corrected chi connectivity index (χ1v) is 9.23. The molecule has 0 radical (unpaired) electrons. The van der Waals surface area contributed by atoms with E-state index in [0.717, 1.165) is 35.4 Å². The van der Waals surface area contributed by atoms with E-state index in [2.05, 4.69) is 16.5 Å². The number of aromatic nitrogens is 2. The Labute approximate surface area is 132 Å². The number of aryl methyl sites for hydroxylation is 1. The lowest BCUT2D eigenvalue weighted by Gasteiger charge is -2.17. The Hall–Kier alpha value is -1.07. The Bertz CT molecular complexity index is 642. The van der Waals surface area contributed by atoms with Crippen molar-refractivity contribution in [3.05, 3.63) is 24.0 Å². The molecule has 6 heteroatoms. The topological polar surface area (TPSA) is 44.1 Å². The number of methoxy groups -OCH3 is 1. The molecule has 0 aliphatic rings. The highest BCUT2D eigenvalue weighted by molar-refractivity contribution is 7.84. The van der Waals surface area contributed by atoms with Crippen LogP contribution in [0, 0.1) is 0 Å². The molecule has 0 aliphatic heterocycles. The molecule has 116 valence electrons. The van der Waals surface area contributed by atoms with Gasteiger partial charge in [0.1, 0.15) is 11.6 Å². The van der Waals surface area contributed by atoms with Crippen molar-refractivity contribution in [2.24, 2.45) is 0 Å². The zero-order valence-electron chi connectivity index (χ0n) is 12.6. The molecule has 2 atom stereocenters. The molecule has 0 aliphatic carbocycles. The average molecular weight is 329 g/mol. The van der Waals surface area contributed by atoms with Crippen LogP contribution in [0.2, 0.25) is 0 Å². The highest BCUT2D eigenvalue weighted by Gasteiger charge is 2.16. The monoisotopic (exact) mass is 328 g/mol. The fraction of sp³-hybridized carbons (Fsp3) is 0.533. The number of rotatable bonds is 7. The van der Waals surface area contributed by atoms with Crippen LogP contribution in [0.5, 0.6) is 5.75 Å². The summed E-state index contributed by atoms with van der Waals surface area (Å²) in [5, 5.41) is 0. The smallest absolute Gasteiger partial charge is 0.121 e. The minimum Gasteiger partial charge on any atom is -0.497 e. The van der Waals surface area contributed by atoms with Gasteiger partial charge in [-0.05, 0) is 25.5 Å². The van der Waals surface area contributed by atoms with Gasteiger partial charge in [0, 0.05) is 47.2 Å². The molecule has 0 fully saturated rings. The third kappa shape index (κ3) is 3.77. The molecule has 1 aromatic carbocycles. The summed E-state index contributed by atoms with van der Waals surface area (Å²) in [6.45, 7) is 2.13. The van der Waals surface area contributed by atoms with Gasteiger partial charge < -0.3 is 9.30 Å². The largest absolute Gasteiger partial charge is 0.497 e. The van der Waals surface area contributed by atoms with Gasteiger partial charge in [-0.25, -0.2) is 4.98 Å². The Morgan fingerprint density at radius 3 is 2.86 bits per heavy atom. The molecule has 2 rings (SSSR count). The Morgan fingerprint density at radius 1 is 1.48 bits per heavy atom. The number of fused-ring (bicyclic) bond motifs is 1. The highest BCUT2D eigenvalue weighted by Crippen LogP contribution is 2.26. The van der Waals surface area contributed by atoms with E-state index in [1.165, 1.54) is 0 Å². The van der Waals surface area contributed by atoms with Gasteiger partial charge in [0.25, 0.3) is 0 Å². The minimum atomic E-state index is -0.777. The van der Waals surface area contributed by atoms with Gasteiger partial charge >= 0.3 is 0 Å². The van der Waals surface area contributed by atoms with Crippen molar-refractivity contribution in [3.63, 3.8) is 0 Å². The van der Waals surface area contributed by atoms with Gasteiger partial charge in [-0.1, -0.05) is 0 Å². The number of alkyl halides is 1. The second-order valence-electron chi connectivity index (χ2n) is 5.11. The van der Waals surface area contributed by atoms with E-state index in [4.69, 9.17) is 16.3 Å². The molecule has 0 saturated heterocycles. The lowest BCUT2D eigenvalue weighted by molar-refractivity contribution is 0.415. The summed E-state index contributed by atoms with van der Waals surface area (Å²) in [6, 6.07) is 6.15. The van der Waals surface area contributed by atoms with E-state index in [9.17, 15) is 4.21 Å². The predicted octanol–water partition coefficient (Wildman–Crippen LogP) is 3.16. The molecule has 0 N–H and O–H groups in total. The van der Waals surface area contributed by atoms with Crippen molar-refractivity contribution in [2.45, 2.75) is 25.8 Å². The van der Waals surface area contributed by atoms with Crippen molar-refractivity contribution in [1.82, 2.24) is 9.55 Å². The molecule has 4 nitrogen and oxygen atoms in total. The third-order valence-electron chi connectivity index (χ3n) is 3.55. The molecule has 2 unspecified atom stereocenters. The fourth-order valence-electron chi connectivity index (χ4n) is 2.47. The molecule has 1 heterocycles. The molecule has 2 aromatic rings. The number of ether oxygens (including phenoxy) is 1. The summed E-state index contributed by atoms with van der Waals surface area (Å²) >= 11 is 5.90. The maximum Gasteiger partial charge on any atom is 0.121 e. The molecule has 21 heavy (non-hydrogen) atoms. The van der Waals surface area contributed by atoms with E-state index in [0.29, 0.717) is 11.6 Å². The summed E-state index contributed by atoms with van der Waals surface area (Å²) in [4.78, 5) is 4.68. The van der Waals surface area contributed by atoms with Crippen LogP contribution in [0.25, 0.3) is 11.0 Å². The van der Waals surface area contributed by atoms with E-state index in [1.54, 1.807) is 13.4 Å². The van der Waals surface area contributed by atoms with Crippen molar-refractivity contribution in [1.29, 1.82) is 0 Å². The van der Waals surface area contributed by atoms with Crippen molar-refractivity contribution in [2.75, 3.05) is 25.0 Å². The first-order valence-electron chi connectivity index (χ1n) is 6.97. The second-order valence-corrected chi connectivity index (χ2v) is 7.04. The summed E-state index contributed by atoms with van der Waals surface area (Å²) in [5.74, 6) is 3.00. The van der Waals surface area contributed by atoms with Gasteiger partial charge in [0.05, 0.1) is 18.1 Å².